The first-order chi connectivity index (χ1) is 6.24. The molecule has 1 heterocycles. The highest BCUT2D eigenvalue weighted by Crippen LogP contribution is 2.33. The average molecular weight is 192 g/mol. The molecule has 0 radical (unpaired) electrons. The molecule has 13 heavy (non-hydrogen) atoms. The Kier molecular flexibility index (Phi) is 2.09. The summed E-state index contributed by atoms with van der Waals surface area (Å²) in [5.74, 6) is 0.0934. The van der Waals surface area contributed by atoms with Gasteiger partial charge in [-0.25, -0.2) is 0 Å². The second-order valence-electron chi connectivity index (χ2n) is 3.57. The van der Waals surface area contributed by atoms with Gasteiger partial charge in [0.25, 0.3) is 0 Å². The van der Waals surface area contributed by atoms with Gasteiger partial charge in [0.05, 0.1) is 12.0 Å². The number of thiol groups is 1. The molecule has 0 N–H and O–H groups in total. The monoisotopic (exact) mass is 192 g/mol. The van der Waals surface area contributed by atoms with Crippen LogP contribution in [0.4, 0.5) is 0 Å². The third-order valence-electron chi connectivity index (χ3n) is 2.73. The van der Waals surface area contributed by atoms with Gasteiger partial charge in [0.15, 0.2) is 0 Å². The number of nitrogens with zero attached hydrogens (tertiary/aromatic N) is 2. The van der Waals surface area contributed by atoms with E-state index in [0.29, 0.717) is 0 Å². The summed E-state index contributed by atoms with van der Waals surface area (Å²) in [5, 5.41) is 8.95. The summed E-state index contributed by atoms with van der Waals surface area (Å²) in [6, 6.07) is 4.45. The Morgan fingerprint density at radius 2 is 2.46 bits per heavy atom. The minimum absolute atomic E-state index is 0.0934. The van der Waals surface area contributed by atoms with Crippen molar-refractivity contribution in [2.75, 3.05) is 0 Å². The lowest BCUT2D eigenvalue weighted by Crippen LogP contribution is -2.08. The van der Waals surface area contributed by atoms with Crippen LogP contribution in [0.25, 0.3) is 0 Å². The molecule has 0 saturated carbocycles. The number of aromatic nitrogens is 1. The first-order valence-electron chi connectivity index (χ1n) is 4.54. The minimum atomic E-state index is 0.0934. The van der Waals surface area contributed by atoms with Crippen molar-refractivity contribution in [1.82, 2.24) is 3.97 Å². The molecule has 1 aromatic heterocycles. The normalized spacial score (nSPS) is 20.8. The highest BCUT2D eigenvalue weighted by atomic mass is 32.1. The number of hydrogen-bond donors (Lipinski definition) is 1. The van der Waals surface area contributed by atoms with Gasteiger partial charge in [-0.05, 0) is 37.8 Å². The summed E-state index contributed by atoms with van der Waals surface area (Å²) in [6.07, 6.45) is 3.17. The van der Waals surface area contributed by atoms with Crippen LogP contribution in [0.1, 0.15) is 35.7 Å². The predicted octanol–water partition coefficient (Wildman–Crippen LogP) is 2.43. The molecule has 1 unspecified atom stereocenters. The molecule has 0 fully saturated rings. The molecule has 1 atom stereocenters. The molecule has 1 aromatic rings. The summed E-state index contributed by atoms with van der Waals surface area (Å²) in [7, 11) is 0. The molecule has 0 saturated heterocycles. The quantitative estimate of drug-likeness (QED) is 0.628. The van der Waals surface area contributed by atoms with Gasteiger partial charge >= 0.3 is 0 Å². The van der Waals surface area contributed by atoms with E-state index in [2.05, 4.69) is 25.0 Å². The Labute approximate surface area is 83.7 Å². The number of aryl methyl sites for hydroxylation is 1. The van der Waals surface area contributed by atoms with Gasteiger partial charge in [-0.2, -0.15) is 5.26 Å². The van der Waals surface area contributed by atoms with Crippen LogP contribution < -0.4 is 0 Å². The lowest BCUT2D eigenvalue weighted by Gasteiger charge is -2.17. The zero-order valence-corrected chi connectivity index (χ0v) is 8.51. The Morgan fingerprint density at radius 3 is 3.15 bits per heavy atom. The van der Waals surface area contributed by atoms with Gasteiger partial charge in [0.2, 0.25) is 0 Å². The molecule has 0 aliphatic heterocycles. The average Bonchev–Trinajstić information content (AvgIpc) is 2.43. The molecular weight excluding hydrogens is 180 g/mol. The zero-order valence-electron chi connectivity index (χ0n) is 7.62. The largest absolute Gasteiger partial charge is 0.295 e. The summed E-state index contributed by atoms with van der Waals surface area (Å²) in [5.41, 5.74) is 3.57. The molecule has 0 amide bonds. The number of rotatable bonds is 0. The molecule has 2 nitrogen and oxygen atoms in total. The molecule has 1 aliphatic carbocycles. The van der Waals surface area contributed by atoms with E-state index in [1.807, 2.05) is 10.9 Å². The third-order valence-corrected chi connectivity index (χ3v) is 3.28. The second kappa shape index (κ2) is 3.12. The maximum absolute atomic E-state index is 8.95. The lowest BCUT2D eigenvalue weighted by atomic mass is 9.88. The van der Waals surface area contributed by atoms with Gasteiger partial charge in [0, 0.05) is 11.4 Å². The summed E-state index contributed by atoms with van der Waals surface area (Å²) in [6.45, 7) is 2.03. The van der Waals surface area contributed by atoms with Crippen LogP contribution in [0.5, 0.6) is 0 Å². The van der Waals surface area contributed by atoms with Crippen LogP contribution >= 0.6 is 12.8 Å². The van der Waals surface area contributed by atoms with E-state index in [1.54, 1.807) is 0 Å². The van der Waals surface area contributed by atoms with Crippen molar-refractivity contribution >= 4 is 12.8 Å². The molecule has 0 bridgehead atoms. The molecule has 68 valence electrons. The number of hydrogen-bond acceptors (Lipinski definition) is 2. The summed E-state index contributed by atoms with van der Waals surface area (Å²) < 4.78 is 1.92. The minimum Gasteiger partial charge on any atom is -0.295 e. The van der Waals surface area contributed by atoms with Crippen LogP contribution in [-0.4, -0.2) is 3.97 Å². The predicted molar refractivity (Wildman–Crippen MR) is 54.8 cm³/mol. The van der Waals surface area contributed by atoms with E-state index in [4.69, 9.17) is 5.26 Å². The Bertz CT molecular complexity index is 373. The molecule has 1 aliphatic rings. The molecular formula is C10H12N2S. The van der Waals surface area contributed by atoms with Crippen LogP contribution in [0.2, 0.25) is 0 Å². The van der Waals surface area contributed by atoms with Gasteiger partial charge in [-0.15, -0.1) is 0 Å². The SMILES string of the molecule is Cc1cc2c(n1S)CCCC2C#N. The van der Waals surface area contributed by atoms with E-state index >= 15 is 0 Å². The zero-order chi connectivity index (χ0) is 9.42. The van der Waals surface area contributed by atoms with Crippen LogP contribution in [-0.2, 0) is 6.42 Å². The van der Waals surface area contributed by atoms with Crippen molar-refractivity contribution in [3.05, 3.63) is 23.0 Å². The number of fused-ring (bicyclic) bond motifs is 1. The molecule has 2 rings (SSSR count). The first kappa shape index (κ1) is 8.71. The van der Waals surface area contributed by atoms with Crippen molar-refractivity contribution in [3.63, 3.8) is 0 Å². The summed E-state index contributed by atoms with van der Waals surface area (Å²) in [4.78, 5) is 0. The van der Waals surface area contributed by atoms with Crippen molar-refractivity contribution in [3.8, 4) is 6.07 Å². The van der Waals surface area contributed by atoms with Crippen molar-refractivity contribution in [2.24, 2.45) is 0 Å². The fourth-order valence-electron chi connectivity index (χ4n) is 2.02. The van der Waals surface area contributed by atoms with Gasteiger partial charge in [0.1, 0.15) is 0 Å². The molecule has 0 spiro atoms. The van der Waals surface area contributed by atoms with E-state index in [1.165, 1.54) is 11.3 Å². The smallest absolute Gasteiger partial charge is 0.0730 e. The van der Waals surface area contributed by atoms with Crippen LogP contribution in [0.15, 0.2) is 6.07 Å². The van der Waals surface area contributed by atoms with Gasteiger partial charge in [-0.3, -0.25) is 3.97 Å². The van der Waals surface area contributed by atoms with Crippen LogP contribution in [0, 0.1) is 18.3 Å². The fourth-order valence-corrected chi connectivity index (χ4v) is 2.29. The fraction of sp³-hybridized carbons (Fsp3) is 0.500. The highest BCUT2D eigenvalue weighted by Gasteiger charge is 2.23. The highest BCUT2D eigenvalue weighted by molar-refractivity contribution is 7.78. The van der Waals surface area contributed by atoms with Crippen molar-refractivity contribution in [1.29, 1.82) is 5.26 Å². The van der Waals surface area contributed by atoms with E-state index in [0.717, 1.165) is 25.0 Å². The van der Waals surface area contributed by atoms with Gasteiger partial charge in [-0.1, -0.05) is 12.8 Å². The second-order valence-corrected chi connectivity index (χ2v) is 3.97. The van der Waals surface area contributed by atoms with E-state index in [-0.39, 0.29) is 5.92 Å². The maximum atomic E-state index is 8.95. The maximum Gasteiger partial charge on any atom is 0.0730 e. The standard InChI is InChI=1S/C10H12N2S/c1-7-5-9-8(6-11)3-2-4-10(9)12(7)13/h5,8,13H,2-4H2,1H3. The Hall–Kier alpha value is -0.880. The Morgan fingerprint density at radius 1 is 1.69 bits per heavy atom. The lowest BCUT2D eigenvalue weighted by molar-refractivity contribution is 0.627. The van der Waals surface area contributed by atoms with Crippen molar-refractivity contribution in [2.45, 2.75) is 32.1 Å². The summed E-state index contributed by atoms with van der Waals surface area (Å²) >= 11 is 4.39. The Balaban J connectivity index is 2.53. The molecule has 0 aromatic carbocycles. The van der Waals surface area contributed by atoms with E-state index < -0.39 is 0 Å². The first-order valence-corrected chi connectivity index (χ1v) is 4.94. The number of nitriles is 1. The van der Waals surface area contributed by atoms with Crippen molar-refractivity contribution < 1.29 is 0 Å². The topological polar surface area (TPSA) is 28.7 Å². The van der Waals surface area contributed by atoms with E-state index in [9.17, 15) is 0 Å². The van der Waals surface area contributed by atoms with Crippen LogP contribution in [0.3, 0.4) is 0 Å². The third kappa shape index (κ3) is 1.26. The molecule has 3 heteroatoms. The van der Waals surface area contributed by atoms with Gasteiger partial charge < -0.3 is 0 Å².